The van der Waals surface area contributed by atoms with Gasteiger partial charge in [0.25, 0.3) is 5.91 Å². The van der Waals surface area contributed by atoms with Crippen LogP contribution in [0, 0.1) is 6.92 Å². The number of hydrogen-bond acceptors (Lipinski definition) is 8. The van der Waals surface area contributed by atoms with Crippen molar-refractivity contribution in [2.75, 3.05) is 32.7 Å². The fourth-order valence-corrected chi connectivity index (χ4v) is 5.16. The lowest BCUT2D eigenvalue weighted by Crippen LogP contribution is -2.57. The van der Waals surface area contributed by atoms with Gasteiger partial charge in [0, 0.05) is 49.4 Å². The number of hydroxylamine groups is 1. The number of ether oxygens (including phenoxy) is 1. The van der Waals surface area contributed by atoms with Gasteiger partial charge in [-0.3, -0.25) is 19.9 Å². The Morgan fingerprint density at radius 3 is 2.56 bits per heavy atom. The zero-order chi connectivity index (χ0) is 24.8. The zero-order valence-corrected chi connectivity index (χ0v) is 21.4. The first-order valence-electron chi connectivity index (χ1n) is 11.3. The van der Waals surface area contributed by atoms with E-state index in [-0.39, 0.29) is 23.8 Å². The summed E-state index contributed by atoms with van der Waals surface area (Å²) in [7, 11) is -3.87. The molecule has 1 atom stereocenters. The minimum atomic E-state index is -3.87. The maximum atomic E-state index is 12.8. The van der Waals surface area contributed by atoms with E-state index in [1.54, 1.807) is 17.6 Å². The average molecular weight is 536 g/mol. The summed E-state index contributed by atoms with van der Waals surface area (Å²) in [6.45, 7) is 4.57. The van der Waals surface area contributed by atoms with Gasteiger partial charge in [0.15, 0.2) is 0 Å². The number of aromatic nitrogens is 1. The average Bonchev–Trinajstić information content (AvgIpc) is 2.88. The number of carbonyl (C=O) groups is 1. The maximum Gasteiger partial charge on any atom is 0.262 e. The number of piperazine rings is 1. The molecule has 4 rings (SSSR count). The highest BCUT2D eigenvalue weighted by Crippen LogP contribution is 2.22. The second kappa shape index (κ2) is 12.4. The molecule has 12 heteroatoms. The van der Waals surface area contributed by atoms with E-state index in [0.717, 1.165) is 22.2 Å². The third-order valence-electron chi connectivity index (χ3n) is 5.93. The Balaban J connectivity index is 0.00000361. The predicted molar refractivity (Wildman–Crippen MR) is 138 cm³/mol. The lowest BCUT2D eigenvalue weighted by molar-refractivity contribution is -0.134. The predicted octanol–water partition coefficient (Wildman–Crippen LogP) is 1.60. The first-order valence-corrected chi connectivity index (χ1v) is 12.8. The molecule has 1 aromatic heterocycles. The first kappa shape index (κ1) is 27.8. The molecule has 2 heterocycles. The number of halogens is 1. The van der Waals surface area contributed by atoms with Crippen LogP contribution < -0.4 is 20.3 Å². The molecule has 1 amide bonds. The Hall–Kier alpha value is -2.80. The molecule has 2 aromatic carbocycles. The van der Waals surface area contributed by atoms with Crippen molar-refractivity contribution in [2.24, 2.45) is 0 Å². The van der Waals surface area contributed by atoms with Crippen LogP contribution in [-0.2, 0) is 21.4 Å². The SMILES string of the molecule is Cc1cc(COc2ccc(S(=O)(=O)NC[C@@H](C(=O)NO)N3CCNCC3)cc2)c2ccccc2n1.Cl. The Morgan fingerprint density at radius 2 is 1.86 bits per heavy atom. The van der Waals surface area contributed by atoms with Gasteiger partial charge in [0.05, 0.1) is 10.4 Å². The van der Waals surface area contributed by atoms with Crippen LogP contribution in [0.1, 0.15) is 11.3 Å². The summed E-state index contributed by atoms with van der Waals surface area (Å²) in [5.41, 5.74) is 4.41. The van der Waals surface area contributed by atoms with Crippen LogP contribution in [0.3, 0.4) is 0 Å². The van der Waals surface area contributed by atoms with Crippen LogP contribution in [0.5, 0.6) is 5.75 Å². The summed E-state index contributed by atoms with van der Waals surface area (Å²) >= 11 is 0. The third-order valence-corrected chi connectivity index (χ3v) is 7.37. The van der Waals surface area contributed by atoms with Gasteiger partial charge in [-0.2, -0.15) is 0 Å². The number of carbonyl (C=O) groups excluding carboxylic acids is 1. The zero-order valence-electron chi connectivity index (χ0n) is 19.8. The van der Waals surface area contributed by atoms with E-state index in [2.05, 4.69) is 15.0 Å². The summed E-state index contributed by atoms with van der Waals surface area (Å²) < 4.78 is 34.0. The number of fused-ring (bicyclic) bond motifs is 1. The molecule has 0 unspecified atom stereocenters. The minimum Gasteiger partial charge on any atom is -0.489 e. The number of nitrogens with zero attached hydrogens (tertiary/aromatic N) is 2. The molecular weight excluding hydrogens is 506 g/mol. The number of aryl methyl sites for hydroxylation is 1. The number of sulfonamides is 1. The minimum absolute atomic E-state index is 0. The molecule has 0 aliphatic carbocycles. The van der Waals surface area contributed by atoms with Crippen LogP contribution in [-0.4, -0.2) is 68.2 Å². The molecule has 1 aliphatic rings. The van der Waals surface area contributed by atoms with E-state index in [9.17, 15) is 13.2 Å². The quantitative estimate of drug-likeness (QED) is 0.240. The summed E-state index contributed by atoms with van der Waals surface area (Å²) in [5, 5.41) is 13.3. The van der Waals surface area contributed by atoms with Gasteiger partial charge < -0.3 is 10.1 Å². The standard InChI is InChI=1S/C24H29N5O5S.ClH/c1-17-14-18(21-4-2-3-5-22(21)27-17)16-34-19-6-8-20(9-7-19)35(32,33)26-15-23(24(30)28-31)29-12-10-25-11-13-29;/h2-9,14,23,25-26,31H,10-13,15-16H2,1H3,(H,28,30);1H/t23-;/m0./s1. The van der Waals surface area contributed by atoms with Gasteiger partial charge >= 0.3 is 0 Å². The van der Waals surface area contributed by atoms with Crippen LogP contribution in [0.2, 0.25) is 0 Å². The van der Waals surface area contributed by atoms with Crippen molar-refractivity contribution in [2.45, 2.75) is 24.5 Å². The first-order chi connectivity index (χ1) is 16.9. The van der Waals surface area contributed by atoms with E-state index >= 15 is 0 Å². The molecule has 1 saturated heterocycles. The largest absolute Gasteiger partial charge is 0.489 e. The number of pyridine rings is 1. The van der Waals surface area contributed by atoms with E-state index in [4.69, 9.17) is 9.94 Å². The van der Waals surface area contributed by atoms with Crippen LogP contribution >= 0.6 is 12.4 Å². The van der Waals surface area contributed by atoms with Gasteiger partial charge in [-0.05, 0) is 43.3 Å². The van der Waals surface area contributed by atoms with Crippen molar-refractivity contribution < 1.29 is 23.2 Å². The van der Waals surface area contributed by atoms with E-state index in [1.807, 2.05) is 42.2 Å². The molecule has 1 fully saturated rings. The fraction of sp³-hybridized carbons (Fsp3) is 0.333. The Kier molecular flexibility index (Phi) is 9.60. The van der Waals surface area contributed by atoms with Crippen molar-refractivity contribution in [1.82, 2.24) is 25.4 Å². The smallest absolute Gasteiger partial charge is 0.262 e. The Morgan fingerprint density at radius 1 is 1.17 bits per heavy atom. The van der Waals surface area contributed by atoms with Crippen LogP contribution in [0.25, 0.3) is 10.9 Å². The Bertz CT molecular complexity index is 1280. The molecule has 0 bridgehead atoms. The second-order valence-corrected chi connectivity index (χ2v) is 10.1. The molecule has 10 nitrogen and oxygen atoms in total. The highest BCUT2D eigenvalue weighted by molar-refractivity contribution is 7.89. The Labute approximate surface area is 216 Å². The molecule has 194 valence electrons. The van der Waals surface area contributed by atoms with Gasteiger partial charge in [-0.1, -0.05) is 18.2 Å². The van der Waals surface area contributed by atoms with Crippen molar-refractivity contribution in [1.29, 1.82) is 0 Å². The lowest BCUT2D eigenvalue weighted by Gasteiger charge is -2.33. The maximum absolute atomic E-state index is 12.8. The number of para-hydroxylation sites is 1. The van der Waals surface area contributed by atoms with Crippen molar-refractivity contribution in [3.63, 3.8) is 0 Å². The van der Waals surface area contributed by atoms with E-state index in [0.29, 0.717) is 38.5 Å². The van der Waals surface area contributed by atoms with Crippen molar-refractivity contribution >= 4 is 39.2 Å². The van der Waals surface area contributed by atoms with Gasteiger partial charge in [-0.15, -0.1) is 12.4 Å². The number of amides is 1. The van der Waals surface area contributed by atoms with E-state index in [1.165, 1.54) is 12.1 Å². The summed E-state index contributed by atoms with van der Waals surface area (Å²) in [6, 6.07) is 15.1. The highest BCUT2D eigenvalue weighted by atomic mass is 35.5. The van der Waals surface area contributed by atoms with Gasteiger partial charge in [0.1, 0.15) is 18.4 Å². The van der Waals surface area contributed by atoms with Gasteiger partial charge in [0.2, 0.25) is 10.0 Å². The van der Waals surface area contributed by atoms with Crippen LogP contribution in [0.4, 0.5) is 0 Å². The number of nitrogens with one attached hydrogen (secondary N) is 3. The summed E-state index contributed by atoms with van der Waals surface area (Å²) in [5.74, 6) is -0.127. The van der Waals surface area contributed by atoms with Crippen LogP contribution in [0.15, 0.2) is 59.5 Å². The molecule has 0 saturated carbocycles. The van der Waals surface area contributed by atoms with Crippen molar-refractivity contribution in [3.8, 4) is 5.75 Å². The molecule has 0 spiro atoms. The fourth-order valence-electron chi connectivity index (χ4n) is 4.12. The van der Waals surface area contributed by atoms with Gasteiger partial charge in [-0.25, -0.2) is 18.6 Å². The number of hydrogen-bond donors (Lipinski definition) is 4. The third kappa shape index (κ3) is 6.69. The normalized spacial score (nSPS) is 15.2. The van der Waals surface area contributed by atoms with Crippen molar-refractivity contribution in [3.05, 3.63) is 65.9 Å². The molecule has 3 aromatic rings. The number of benzene rings is 2. The van der Waals surface area contributed by atoms with E-state index < -0.39 is 22.0 Å². The molecular formula is C24H30ClN5O5S. The molecule has 0 radical (unpaired) electrons. The highest BCUT2D eigenvalue weighted by Gasteiger charge is 2.28. The summed E-state index contributed by atoms with van der Waals surface area (Å²) in [6.07, 6.45) is 0. The second-order valence-electron chi connectivity index (χ2n) is 8.33. The number of rotatable bonds is 9. The lowest BCUT2D eigenvalue weighted by atomic mass is 10.1. The molecule has 4 N–H and O–H groups in total. The summed E-state index contributed by atoms with van der Waals surface area (Å²) in [4.78, 5) is 18.5. The topological polar surface area (TPSA) is 133 Å². The molecule has 36 heavy (non-hydrogen) atoms. The molecule has 1 aliphatic heterocycles. The monoisotopic (exact) mass is 535 g/mol.